The molecular formula is C27H26Cl2N4O. The van der Waals surface area contributed by atoms with E-state index < -0.39 is 0 Å². The predicted octanol–water partition coefficient (Wildman–Crippen LogP) is 6.24. The molecule has 1 aliphatic rings. The van der Waals surface area contributed by atoms with Gasteiger partial charge in [-0.1, -0.05) is 53.5 Å². The second-order valence-corrected chi connectivity index (χ2v) is 9.65. The Morgan fingerprint density at radius 3 is 2.44 bits per heavy atom. The molecule has 5 nitrogen and oxygen atoms in total. The molecule has 2 heterocycles. The normalized spacial score (nSPS) is 15.0. The Hall–Kier alpha value is -2.86. The number of carbonyl (C=O) groups excluding carboxylic acids is 1. The Morgan fingerprint density at radius 1 is 0.912 bits per heavy atom. The summed E-state index contributed by atoms with van der Waals surface area (Å²) < 4.78 is 2.29. The highest BCUT2D eigenvalue weighted by Gasteiger charge is 2.26. The second-order valence-electron chi connectivity index (χ2n) is 8.78. The van der Waals surface area contributed by atoms with Gasteiger partial charge < -0.3 is 9.88 Å². The van der Waals surface area contributed by atoms with Crippen molar-refractivity contribution < 1.29 is 4.79 Å². The minimum Gasteiger partial charge on any atom is -0.326 e. The number of benzene rings is 3. The number of imidazole rings is 1. The van der Waals surface area contributed by atoms with Crippen LogP contribution in [0, 0.1) is 5.92 Å². The average molecular weight is 493 g/mol. The molecule has 0 saturated carbocycles. The number of aromatic nitrogens is 2. The summed E-state index contributed by atoms with van der Waals surface area (Å²) in [4.78, 5) is 20.1. The van der Waals surface area contributed by atoms with Gasteiger partial charge in [0, 0.05) is 28.2 Å². The van der Waals surface area contributed by atoms with Crippen molar-refractivity contribution in [2.75, 3.05) is 18.4 Å². The van der Waals surface area contributed by atoms with E-state index in [2.05, 4.69) is 45.1 Å². The molecule has 0 aliphatic carbocycles. The lowest BCUT2D eigenvalue weighted by atomic mass is 9.96. The molecule has 1 saturated heterocycles. The Bertz CT molecular complexity index is 1290. The summed E-state index contributed by atoms with van der Waals surface area (Å²) in [5.41, 5.74) is 4.06. The summed E-state index contributed by atoms with van der Waals surface area (Å²) in [5, 5.41) is 4.36. The zero-order valence-electron chi connectivity index (χ0n) is 18.8. The topological polar surface area (TPSA) is 50.2 Å². The molecule has 4 aromatic rings. The number of para-hydroxylation sites is 2. The highest BCUT2D eigenvalue weighted by molar-refractivity contribution is 6.31. The molecule has 1 aliphatic heterocycles. The van der Waals surface area contributed by atoms with E-state index in [-0.39, 0.29) is 11.8 Å². The molecular weight excluding hydrogens is 467 g/mol. The standard InChI is InChI=1S/C27H26Cl2N4O/c28-21-10-8-19(9-11-21)17-33-25-7-2-1-6-24(25)31-26(33)18-32-14-12-20(13-15-32)27(34)30-23-5-3-4-22(29)16-23/h1-11,16,20H,12-15,17-18H2,(H,30,34). The SMILES string of the molecule is O=C(Nc1cccc(Cl)c1)C1CCN(Cc2nc3ccccc3n2Cc2ccc(Cl)cc2)CC1. The Morgan fingerprint density at radius 2 is 1.68 bits per heavy atom. The molecule has 0 spiro atoms. The quantitative estimate of drug-likeness (QED) is 0.346. The van der Waals surface area contributed by atoms with Crippen LogP contribution in [-0.4, -0.2) is 33.4 Å². The van der Waals surface area contributed by atoms with Crippen molar-refractivity contribution in [3.05, 3.63) is 94.2 Å². The van der Waals surface area contributed by atoms with E-state index in [0.717, 1.165) is 66.6 Å². The first-order chi connectivity index (χ1) is 16.5. The molecule has 1 N–H and O–H groups in total. The molecule has 0 radical (unpaired) electrons. The summed E-state index contributed by atoms with van der Waals surface area (Å²) in [7, 11) is 0. The number of hydrogen-bond acceptors (Lipinski definition) is 3. The zero-order chi connectivity index (χ0) is 23.5. The van der Waals surface area contributed by atoms with Crippen molar-refractivity contribution in [1.29, 1.82) is 0 Å². The van der Waals surface area contributed by atoms with Gasteiger partial charge in [0.1, 0.15) is 5.82 Å². The van der Waals surface area contributed by atoms with Crippen LogP contribution in [0.1, 0.15) is 24.2 Å². The molecule has 0 unspecified atom stereocenters. The fourth-order valence-electron chi connectivity index (χ4n) is 4.56. The summed E-state index contributed by atoms with van der Waals surface area (Å²) >= 11 is 12.1. The number of fused-ring (bicyclic) bond motifs is 1. The number of likely N-dealkylation sites (tertiary alicyclic amines) is 1. The third-order valence-corrected chi connectivity index (χ3v) is 6.89. The van der Waals surface area contributed by atoms with Crippen LogP contribution < -0.4 is 5.32 Å². The van der Waals surface area contributed by atoms with Crippen LogP contribution in [0.4, 0.5) is 5.69 Å². The van der Waals surface area contributed by atoms with Gasteiger partial charge >= 0.3 is 0 Å². The van der Waals surface area contributed by atoms with Gasteiger partial charge in [0.2, 0.25) is 5.91 Å². The van der Waals surface area contributed by atoms with Crippen molar-refractivity contribution in [3.63, 3.8) is 0 Å². The number of carbonyl (C=O) groups is 1. The van der Waals surface area contributed by atoms with Crippen molar-refractivity contribution in [2.24, 2.45) is 5.92 Å². The largest absolute Gasteiger partial charge is 0.326 e. The monoisotopic (exact) mass is 492 g/mol. The van der Waals surface area contributed by atoms with Gasteiger partial charge in [-0.2, -0.15) is 0 Å². The Balaban J connectivity index is 1.26. The molecule has 3 aromatic carbocycles. The minimum atomic E-state index is 0.00289. The molecule has 1 fully saturated rings. The number of rotatable bonds is 6. The summed E-state index contributed by atoms with van der Waals surface area (Å²) in [6.45, 7) is 3.21. The van der Waals surface area contributed by atoms with E-state index in [1.54, 1.807) is 12.1 Å². The molecule has 34 heavy (non-hydrogen) atoms. The van der Waals surface area contributed by atoms with Gasteiger partial charge in [0.05, 0.1) is 17.6 Å². The van der Waals surface area contributed by atoms with E-state index in [0.29, 0.717) is 5.02 Å². The smallest absolute Gasteiger partial charge is 0.227 e. The van der Waals surface area contributed by atoms with Crippen LogP contribution in [0.3, 0.4) is 0 Å². The molecule has 5 rings (SSSR count). The summed E-state index contributed by atoms with van der Waals surface area (Å²) in [5.74, 6) is 1.11. The number of nitrogens with one attached hydrogen (secondary N) is 1. The lowest BCUT2D eigenvalue weighted by molar-refractivity contribution is -0.121. The number of anilines is 1. The number of hydrogen-bond donors (Lipinski definition) is 1. The molecule has 1 amide bonds. The summed E-state index contributed by atoms with van der Waals surface area (Å²) in [6, 6.07) is 23.5. The van der Waals surface area contributed by atoms with E-state index in [1.807, 2.05) is 30.3 Å². The van der Waals surface area contributed by atoms with Crippen LogP contribution in [0.25, 0.3) is 11.0 Å². The highest BCUT2D eigenvalue weighted by Crippen LogP contribution is 2.24. The molecule has 0 atom stereocenters. The van der Waals surface area contributed by atoms with Gasteiger partial charge in [0.15, 0.2) is 0 Å². The molecule has 1 aromatic heterocycles. The Labute approximate surface area is 209 Å². The summed E-state index contributed by atoms with van der Waals surface area (Å²) in [6.07, 6.45) is 1.65. The Kier molecular flexibility index (Phi) is 6.86. The fourth-order valence-corrected chi connectivity index (χ4v) is 4.88. The minimum absolute atomic E-state index is 0.00289. The molecule has 7 heteroatoms. The molecule has 174 valence electrons. The van der Waals surface area contributed by atoms with Crippen molar-refractivity contribution in [2.45, 2.75) is 25.9 Å². The van der Waals surface area contributed by atoms with Gasteiger partial charge in [-0.15, -0.1) is 0 Å². The van der Waals surface area contributed by atoms with Crippen LogP contribution in [0.2, 0.25) is 10.0 Å². The first-order valence-corrected chi connectivity index (χ1v) is 12.3. The number of halogens is 2. The van der Waals surface area contributed by atoms with E-state index in [1.165, 1.54) is 5.56 Å². The van der Waals surface area contributed by atoms with Gasteiger partial charge in [-0.3, -0.25) is 9.69 Å². The van der Waals surface area contributed by atoms with Crippen LogP contribution >= 0.6 is 23.2 Å². The predicted molar refractivity (Wildman–Crippen MR) is 138 cm³/mol. The third kappa shape index (κ3) is 5.27. The van der Waals surface area contributed by atoms with Crippen LogP contribution in [0.5, 0.6) is 0 Å². The second kappa shape index (κ2) is 10.2. The molecule has 0 bridgehead atoms. The van der Waals surface area contributed by atoms with Gasteiger partial charge in [-0.25, -0.2) is 4.98 Å². The lowest BCUT2D eigenvalue weighted by Crippen LogP contribution is -2.38. The van der Waals surface area contributed by atoms with E-state index in [9.17, 15) is 4.79 Å². The number of nitrogens with zero attached hydrogens (tertiary/aromatic N) is 3. The van der Waals surface area contributed by atoms with E-state index >= 15 is 0 Å². The maximum absolute atomic E-state index is 12.7. The fraction of sp³-hybridized carbons (Fsp3) is 0.259. The van der Waals surface area contributed by atoms with Gasteiger partial charge in [-0.05, 0) is 74.0 Å². The zero-order valence-corrected chi connectivity index (χ0v) is 20.3. The van der Waals surface area contributed by atoms with E-state index in [4.69, 9.17) is 28.2 Å². The third-order valence-electron chi connectivity index (χ3n) is 6.40. The van der Waals surface area contributed by atoms with Crippen LogP contribution in [-0.2, 0) is 17.9 Å². The maximum Gasteiger partial charge on any atom is 0.227 e. The first kappa shape index (κ1) is 22.9. The van der Waals surface area contributed by atoms with Gasteiger partial charge in [0.25, 0.3) is 0 Å². The highest BCUT2D eigenvalue weighted by atomic mass is 35.5. The average Bonchev–Trinajstić information content (AvgIpc) is 3.18. The number of amides is 1. The van der Waals surface area contributed by atoms with Crippen LogP contribution in [0.15, 0.2) is 72.8 Å². The number of piperidine rings is 1. The first-order valence-electron chi connectivity index (χ1n) is 11.5. The van der Waals surface area contributed by atoms with Crippen molar-refractivity contribution in [3.8, 4) is 0 Å². The van der Waals surface area contributed by atoms with Crippen molar-refractivity contribution >= 4 is 45.8 Å². The van der Waals surface area contributed by atoms with Crippen molar-refractivity contribution in [1.82, 2.24) is 14.5 Å². The lowest BCUT2D eigenvalue weighted by Gasteiger charge is -2.31. The maximum atomic E-state index is 12.7.